The number of benzene rings is 2. The fourth-order valence-corrected chi connectivity index (χ4v) is 3.59. The lowest BCUT2D eigenvalue weighted by Gasteiger charge is -2.20. The molecule has 2 aromatic carbocycles. The molecule has 0 unspecified atom stereocenters. The van der Waals surface area contributed by atoms with Crippen LogP contribution in [-0.4, -0.2) is 35.1 Å². The van der Waals surface area contributed by atoms with E-state index in [1.54, 1.807) is 53.1 Å². The topological polar surface area (TPSA) is 80.2 Å². The number of hydrogen-bond acceptors (Lipinski definition) is 4. The molecule has 0 fully saturated rings. The summed E-state index contributed by atoms with van der Waals surface area (Å²) in [4.78, 5) is 37.8. The van der Waals surface area contributed by atoms with Crippen molar-refractivity contribution in [3.05, 3.63) is 88.7 Å². The Morgan fingerprint density at radius 3 is 2.31 bits per heavy atom. The van der Waals surface area contributed by atoms with Crippen molar-refractivity contribution in [1.29, 1.82) is 0 Å². The molecule has 0 bridgehead atoms. The van der Waals surface area contributed by atoms with Crippen LogP contribution in [0.2, 0.25) is 0 Å². The van der Waals surface area contributed by atoms with Crippen LogP contribution in [-0.2, 0) is 7.05 Å². The molecule has 0 aliphatic heterocycles. The van der Waals surface area contributed by atoms with Crippen LogP contribution in [0.4, 0.5) is 5.69 Å². The van der Waals surface area contributed by atoms with Gasteiger partial charge in [-0.05, 0) is 24.6 Å². The van der Waals surface area contributed by atoms with Gasteiger partial charge in [0, 0.05) is 48.7 Å². The van der Waals surface area contributed by atoms with E-state index in [2.05, 4.69) is 10.6 Å². The Balaban J connectivity index is 1.41. The highest BCUT2D eigenvalue weighted by Gasteiger charge is 2.31. The summed E-state index contributed by atoms with van der Waals surface area (Å²) < 4.78 is 1.77. The number of carbonyl (C=O) groups is 3. The fourth-order valence-electron chi connectivity index (χ4n) is 3.59. The van der Waals surface area contributed by atoms with E-state index in [0.29, 0.717) is 53.1 Å². The minimum atomic E-state index is -0.143. The highest BCUT2D eigenvalue weighted by molar-refractivity contribution is 6.30. The average Bonchev–Trinajstić information content (AvgIpc) is 3.17. The maximum absolute atomic E-state index is 13.0. The van der Waals surface area contributed by atoms with Crippen molar-refractivity contribution < 1.29 is 14.4 Å². The first-order valence-electron chi connectivity index (χ1n) is 9.53. The van der Waals surface area contributed by atoms with Crippen molar-refractivity contribution in [2.45, 2.75) is 6.42 Å². The Kier molecular flexibility index (Phi) is 4.99. The smallest absolute Gasteiger partial charge is 0.267 e. The summed E-state index contributed by atoms with van der Waals surface area (Å²) in [5.41, 5.74) is 2.99. The standard InChI is InChI=1S/C23H21N3O3/c1-26-14-5-11-19(26)23(29)25-13-6-12-24-18-10-4-9-17-20(18)22(28)16-8-3-2-7-15(16)21(17)27/h2-5,7-11,14,24H,6,12-13H2,1H3,(H,25,29). The molecular weight excluding hydrogens is 366 g/mol. The van der Waals surface area contributed by atoms with Gasteiger partial charge in [0.05, 0.1) is 5.56 Å². The van der Waals surface area contributed by atoms with Crippen molar-refractivity contribution in [2.24, 2.45) is 7.05 Å². The van der Waals surface area contributed by atoms with Crippen molar-refractivity contribution in [1.82, 2.24) is 9.88 Å². The number of amides is 1. The summed E-state index contributed by atoms with van der Waals surface area (Å²) in [6.45, 7) is 1.06. The average molecular weight is 387 g/mol. The third kappa shape index (κ3) is 3.45. The van der Waals surface area contributed by atoms with E-state index >= 15 is 0 Å². The number of rotatable bonds is 6. The lowest BCUT2D eigenvalue weighted by atomic mass is 9.83. The van der Waals surface area contributed by atoms with Crippen LogP contribution in [0.5, 0.6) is 0 Å². The summed E-state index contributed by atoms with van der Waals surface area (Å²) >= 11 is 0. The molecule has 0 saturated heterocycles. The molecular formula is C23H21N3O3. The first-order chi connectivity index (χ1) is 14.1. The molecule has 0 saturated carbocycles. The number of nitrogens with one attached hydrogen (secondary N) is 2. The Hall–Kier alpha value is -3.67. The van der Waals surface area contributed by atoms with Crippen molar-refractivity contribution in [3.8, 4) is 0 Å². The predicted octanol–water partition coefficient (Wildman–Crippen LogP) is 3.03. The van der Waals surface area contributed by atoms with Gasteiger partial charge in [-0.2, -0.15) is 0 Å². The fraction of sp³-hybridized carbons (Fsp3) is 0.174. The number of aryl methyl sites for hydroxylation is 1. The maximum atomic E-state index is 13.0. The Morgan fingerprint density at radius 1 is 0.862 bits per heavy atom. The van der Waals surface area contributed by atoms with E-state index in [-0.39, 0.29) is 17.5 Å². The van der Waals surface area contributed by atoms with Gasteiger partial charge >= 0.3 is 0 Å². The van der Waals surface area contributed by atoms with Crippen molar-refractivity contribution in [2.75, 3.05) is 18.4 Å². The lowest BCUT2D eigenvalue weighted by Crippen LogP contribution is -2.27. The van der Waals surface area contributed by atoms with Crippen LogP contribution in [0.15, 0.2) is 60.8 Å². The van der Waals surface area contributed by atoms with E-state index < -0.39 is 0 Å². The van der Waals surface area contributed by atoms with Gasteiger partial charge in [-0.25, -0.2) is 0 Å². The van der Waals surface area contributed by atoms with Gasteiger partial charge in [-0.15, -0.1) is 0 Å². The third-order valence-electron chi connectivity index (χ3n) is 5.08. The summed E-state index contributed by atoms with van der Waals surface area (Å²) in [5.74, 6) is -0.393. The summed E-state index contributed by atoms with van der Waals surface area (Å²) in [5, 5.41) is 6.13. The maximum Gasteiger partial charge on any atom is 0.267 e. The summed E-state index contributed by atoms with van der Waals surface area (Å²) in [6.07, 6.45) is 2.50. The predicted molar refractivity (Wildman–Crippen MR) is 111 cm³/mol. The van der Waals surface area contributed by atoms with Crippen LogP contribution in [0.1, 0.15) is 48.8 Å². The van der Waals surface area contributed by atoms with Gasteiger partial charge < -0.3 is 15.2 Å². The molecule has 0 atom stereocenters. The van der Waals surface area contributed by atoms with Gasteiger partial charge in [0.2, 0.25) is 0 Å². The molecule has 29 heavy (non-hydrogen) atoms. The molecule has 146 valence electrons. The van der Waals surface area contributed by atoms with Crippen LogP contribution < -0.4 is 10.6 Å². The highest BCUT2D eigenvalue weighted by atomic mass is 16.2. The molecule has 0 radical (unpaired) electrons. The van der Waals surface area contributed by atoms with E-state index in [1.807, 2.05) is 19.3 Å². The Bertz CT molecular complexity index is 1110. The second-order valence-electron chi connectivity index (χ2n) is 6.97. The zero-order valence-electron chi connectivity index (χ0n) is 16.1. The van der Waals surface area contributed by atoms with Gasteiger partial charge in [0.1, 0.15) is 5.69 Å². The van der Waals surface area contributed by atoms with Crippen LogP contribution >= 0.6 is 0 Å². The second kappa shape index (κ2) is 7.75. The molecule has 6 heteroatoms. The minimum absolute atomic E-state index is 0.119. The molecule has 0 spiro atoms. The number of anilines is 1. The molecule has 1 heterocycles. The number of ketones is 2. The summed E-state index contributed by atoms with van der Waals surface area (Å²) in [7, 11) is 1.82. The number of aromatic nitrogens is 1. The molecule has 3 aromatic rings. The first-order valence-corrected chi connectivity index (χ1v) is 9.53. The number of fused-ring (bicyclic) bond motifs is 2. The molecule has 2 N–H and O–H groups in total. The summed E-state index contributed by atoms with van der Waals surface area (Å²) in [6, 6.07) is 15.8. The molecule has 1 aliphatic carbocycles. The zero-order chi connectivity index (χ0) is 20.4. The highest BCUT2D eigenvalue weighted by Crippen LogP contribution is 2.31. The van der Waals surface area contributed by atoms with Crippen molar-refractivity contribution in [3.63, 3.8) is 0 Å². The van der Waals surface area contributed by atoms with E-state index in [0.717, 1.165) is 0 Å². The third-order valence-corrected chi connectivity index (χ3v) is 5.08. The Morgan fingerprint density at radius 2 is 1.59 bits per heavy atom. The largest absolute Gasteiger partial charge is 0.384 e. The molecule has 1 aliphatic rings. The van der Waals surface area contributed by atoms with Crippen molar-refractivity contribution >= 4 is 23.2 Å². The van der Waals surface area contributed by atoms with Crippen LogP contribution in [0.25, 0.3) is 0 Å². The van der Waals surface area contributed by atoms with Gasteiger partial charge in [0.15, 0.2) is 11.6 Å². The quantitative estimate of drug-likeness (QED) is 0.499. The monoisotopic (exact) mass is 387 g/mol. The van der Waals surface area contributed by atoms with Gasteiger partial charge in [0.25, 0.3) is 5.91 Å². The van der Waals surface area contributed by atoms with E-state index in [9.17, 15) is 14.4 Å². The van der Waals surface area contributed by atoms with Crippen LogP contribution in [0, 0.1) is 0 Å². The first kappa shape index (κ1) is 18.7. The molecule has 6 nitrogen and oxygen atoms in total. The lowest BCUT2D eigenvalue weighted by molar-refractivity contribution is 0.0944. The number of carbonyl (C=O) groups excluding carboxylic acids is 3. The van der Waals surface area contributed by atoms with E-state index in [4.69, 9.17) is 0 Å². The molecule has 4 rings (SSSR count). The Labute approximate surface area is 168 Å². The van der Waals surface area contributed by atoms with Gasteiger partial charge in [-0.3, -0.25) is 14.4 Å². The number of nitrogens with zero attached hydrogens (tertiary/aromatic N) is 1. The minimum Gasteiger partial charge on any atom is -0.384 e. The number of hydrogen-bond donors (Lipinski definition) is 2. The normalized spacial score (nSPS) is 12.3. The second-order valence-corrected chi connectivity index (χ2v) is 6.97. The molecule has 1 aromatic heterocycles. The zero-order valence-corrected chi connectivity index (χ0v) is 16.1. The molecule has 1 amide bonds. The van der Waals surface area contributed by atoms with E-state index in [1.165, 1.54) is 0 Å². The SMILES string of the molecule is Cn1cccc1C(=O)NCCCNc1cccc2c1C(=O)c1ccccc1C2=O. The van der Waals surface area contributed by atoms with Gasteiger partial charge in [-0.1, -0.05) is 36.4 Å². The van der Waals surface area contributed by atoms with Crippen LogP contribution in [0.3, 0.4) is 0 Å².